The maximum atomic E-state index is 11.3. The zero-order chi connectivity index (χ0) is 12.2. The summed E-state index contributed by atoms with van der Waals surface area (Å²) < 4.78 is 5.42. The third-order valence-electron chi connectivity index (χ3n) is 6.13. The van der Waals surface area contributed by atoms with E-state index in [1.807, 2.05) is 0 Å². The van der Waals surface area contributed by atoms with E-state index in [0.717, 1.165) is 44.7 Å². The van der Waals surface area contributed by atoms with E-state index < -0.39 is 0 Å². The molecule has 4 heteroatoms. The first-order valence-corrected chi connectivity index (χ1v) is 7.76. The van der Waals surface area contributed by atoms with Crippen molar-refractivity contribution in [2.45, 2.75) is 37.7 Å². The lowest BCUT2D eigenvalue weighted by molar-refractivity contribution is -0.186. The minimum atomic E-state index is -0.370. The van der Waals surface area contributed by atoms with Crippen LogP contribution in [0.1, 0.15) is 32.1 Å². The molecule has 5 aliphatic rings. The number of aliphatic hydroxyl groups is 1. The summed E-state index contributed by atoms with van der Waals surface area (Å²) in [5.41, 5.74) is -0.370. The molecule has 0 unspecified atom stereocenters. The summed E-state index contributed by atoms with van der Waals surface area (Å²) in [6.07, 6.45) is 6.66. The summed E-state index contributed by atoms with van der Waals surface area (Å²) in [4.78, 5) is 2.44. The van der Waals surface area contributed by atoms with Gasteiger partial charge < -0.3 is 9.84 Å². The van der Waals surface area contributed by atoms with Gasteiger partial charge in [0, 0.05) is 19.6 Å². The highest BCUT2D eigenvalue weighted by Crippen LogP contribution is 2.58. The van der Waals surface area contributed by atoms with Gasteiger partial charge in [0.2, 0.25) is 0 Å². The third-order valence-corrected chi connectivity index (χ3v) is 6.13. The van der Waals surface area contributed by atoms with E-state index in [4.69, 9.17) is 4.74 Å². The van der Waals surface area contributed by atoms with Gasteiger partial charge >= 0.3 is 0 Å². The summed E-state index contributed by atoms with van der Waals surface area (Å²) in [5, 5.41) is 11.3. The van der Waals surface area contributed by atoms with E-state index in [1.165, 1.54) is 32.1 Å². The van der Waals surface area contributed by atoms with E-state index in [-0.39, 0.29) is 18.0 Å². The molecule has 1 heterocycles. The fourth-order valence-electron chi connectivity index (χ4n) is 5.38. The Morgan fingerprint density at radius 2 is 1.47 bits per heavy atom. The van der Waals surface area contributed by atoms with E-state index >= 15 is 0 Å². The quantitative estimate of drug-likeness (QED) is 0.842. The molecule has 5 fully saturated rings. The van der Waals surface area contributed by atoms with Crippen LogP contribution in [0.15, 0.2) is 0 Å². The van der Waals surface area contributed by atoms with Crippen LogP contribution in [0.2, 0.25) is 0 Å². The second kappa shape index (κ2) is 5.18. The average Bonchev–Trinajstić information content (AvgIpc) is 2.37. The molecular formula is C15H26ClNO2. The molecule has 0 aromatic heterocycles. The Kier molecular flexibility index (Phi) is 3.85. The standard InChI is InChI=1S/C15H25NO2.ClH/c17-15(10-16-1-3-18-4-2-16)13-6-11-5-12(8-13)9-14(15)7-11;/h11-14,17H,1-10H2;1H. The number of β-amino-alcohol motifs (C(OH)–C–C–N with tert-alkyl or cyclic N) is 1. The molecule has 0 atom stereocenters. The Labute approximate surface area is 122 Å². The largest absolute Gasteiger partial charge is 0.388 e. The summed E-state index contributed by atoms with van der Waals surface area (Å²) >= 11 is 0. The van der Waals surface area contributed by atoms with Gasteiger partial charge in [0.25, 0.3) is 0 Å². The first-order chi connectivity index (χ1) is 8.74. The molecule has 3 nitrogen and oxygen atoms in total. The summed E-state index contributed by atoms with van der Waals surface area (Å²) in [6.45, 7) is 4.61. The number of hydrogen-bond acceptors (Lipinski definition) is 3. The molecule has 110 valence electrons. The fraction of sp³-hybridized carbons (Fsp3) is 1.00. The summed E-state index contributed by atoms with van der Waals surface area (Å²) in [6, 6.07) is 0. The minimum absolute atomic E-state index is 0. The number of hydrogen-bond donors (Lipinski definition) is 1. The zero-order valence-corrected chi connectivity index (χ0v) is 12.4. The lowest BCUT2D eigenvalue weighted by Crippen LogP contribution is -2.63. The Morgan fingerprint density at radius 3 is 2.00 bits per heavy atom. The fourth-order valence-corrected chi connectivity index (χ4v) is 5.38. The van der Waals surface area contributed by atoms with Gasteiger partial charge in [-0.3, -0.25) is 4.90 Å². The highest BCUT2D eigenvalue weighted by atomic mass is 35.5. The molecule has 1 saturated heterocycles. The van der Waals surface area contributed by atoms with Gasteiger partial charge in [0.05, 0.1) is 18.8 Å². The van der Waals surface area contributed by atoms with Gasteiger partial charge in [-0.2, -0.15) is 0 Å². The van der Waals surface area contributed by atoms with Crippen LogP contribution in [0.3, 0.4) is 0 Å². The van der Waals surface area contributed by atoms with E-state index in [0.29, 0.717) is 11.8 Å². The molecule has 5 rings (SSSR count). The predicted molar refractivity (Wildman–Crippen MR) is 76.5 cm³/mol. The van der Waals surface area contributed by atoms with Crippen LogP contribution in [0, 0.1) is 23.7 Å². The lowest BCUT2D eigenvalue weighted by atomic mass is 9.50. The monoisotopic (exact) mass is 287 g/mol. The van der Waals surface area contributed by atoms with Crippen LogP contribution < -0.4 is 0 Å². The molecule has 4 aliphatic carbocycles. The first-order valence-electron chi connectivity index (χ1n) is 7.76. The Hall–Kier alpha value is 0.170. The molecule has 0 radical (unpaired) electrons. The van der Waals surface area contributed by atoms with Gasteiger partial charge in [-0.1, -0.05) is 0 Å². The van der Waals surface area contributed by atoms with Crippen LogP contribution in [-0.4, -0.2) is 48.5 Å². The predicted octanol–water partition coefficient (Wildman–Crippen LogP) is 1.93. The van der Waals surface area contributed by atoms with Crippen LogP contribution in [0.5, 0.6) is 0 Å². The lowest BCUT2D eigenvalue weighted by Gasteiger charge is -2.60. The molecule has 1 aliphatic heterocycles. The SMILES string of the molecule is Cl.OC1(CN2CCOCC2)C2CC3CC(C2)CC1C3. The van der Waals surface area contributed by atoms with Crippen LogP contribution in [0.25, 0.3) is 0 Å². The van der Waals surface area contributed by atoms with Gasteiger partial charge in [0.1, 0.15) is 0 Å². The molecule has 4 saturated carbocycles. The molecule has 0 aromatic carbocycles. The molecular weight excluding hydrogens is 262 g/mol. The van der Waals surface area contributed by atoms with Crippen molar-refractivity contribution in [2.24, 2.45) is 23.7 Å². The van der Waals surface area contributed by atoms with Crippen molar-refractivity contribution >= 4 is 12.4 Å². The van der Waals surface area contributed by atoms with E-state index in [1.54, 1.807) is 0 Å². The Balaban J connectivity index is 0.00000110. The van der Waals surface area contributed by atoms with E-state index in [2.05, 4.69) is 4.90 Å². The highest BCUT2D eigenvalue weighted by molar-refractivity contribution is 5.85. The molecule has 1 N–H and O–H groups in total. The zero-order valence-electron chi connectivity index (χ0n) is 11.6. The van der Waals surface area contributed by atoms with Crippen LogP contribution in [0.4, 0.5) is 0 Å². The topological polar surface area (TPSA) is 32.7 Å². The van der Waals surface area contributed by atoms with Gasteiger partial charge in [-0.15, -0.1) is 12.4 Å². The van der Waals surface area contributed by atoms with E-state index in [9.17, 15) is 5.11 Å². The Bertz CT molecular complexity index is 302. The number of halogens is 1. The molecule has 19 heavy (non-hydrogen) atoms. The van der Waals surface area contributed by atoms with Gasteiger partial charge in [0.15, 0.2) is 0 Å². The average molecular weight is 288 g/mol. The van der Waals surface area contributed by atoms with Crippen molar-refractivity contribution in [3.05, 3.63) is 0 Å². The van der Waals surface area contributed by atoms with Crippen molar-refractivity contribution in [3.8, 4) is 0 Å². The maximum absolute atomic E-state index is 11.3. The maximum Gasteiger partial charge on any atom is 0.0830 e. The second-order valence-corrected chi connectivity index (χ2v) is 7.18. The number of ether oxygens (including phenoxy) is 1. The summed E-state index contributed by atoms with van der Waals surface area (Å²) in [5.74, 6) is 3.07. The number of rotatable bonds is 2. The van der Waals surface area contributed by atoms with Crippen LogP contribution in [-0.2, 0) is 4.74 Å². The van der Waals surface area contributed by atoms with Crippen molar-refractivity contribution < 1.29 is 9.84 Å². The molecule has 0 amide bonds. The van der Waals surface area contributed by atoms with Crippen molar-refractivity contribution in [1.29, 1.82) is 0 Å². The van der Waals surface area contributed by atoms with Crippen molar-refractivity contribution in [3.63, 3.8) is 0 Å². The van der Waals surface area contributed by atoms with Gasteiger partial charge in [-0.05, 0) is 55.8 Å². The molecule has 0 aromatic rings. The number of nitrogens with zero attached hydrogens (tertiary/aromatic N) is 1. The third kappa shape index (κ3) is 2.33. The molecule has 4 bridgehead atoms. The smallest absolute Gasteiger partial charge is 0.0830 e. The van der Waals surface area contributed by atoms with Crippen molar-refractivity contribution in [2.75, 3.05) is 32.8 Å². The first kappa shape index (κ1) is 14.1. The summed E-state index contributed by atoms with van der Waals surface area (Å²) in [7, 11) is 0. The Morgan fingerprint density at radius 1 is 0.947 bits per heavy atom. The minimum Gasteiger partial charge on any atom is -0.388 e. The van der Waals surface area contributed by atoms with Crippen molar-refractivity contribution in [1.82, 2.24) is 4.90 Å². The highest BCUT2D eigenvalue weighted by Gasteiger charge is 2.56. The normalized spacial score (nSPS) is 49.1. The molecule has 0 spiro atoms. The van der Waals surface area contributed by atoms with Crippen LogP contribution >= 0.6 is 12.4 Å². The second-order valence-electron chi connectivity index (χ2n) is 7.18. The van der Waals surface area contributed by atoms with Gasteiger partial charge in [-0.25, -0.2) is 0 Å². The number of morpholine rings is 1.